The summed E-state index contributed by atoms with van der Waals surface area (Å²) in [6.45, 7) is 11.5. The van der Waals surface area contributed by atoms with E-state index in [4.69, 9.17) is 21.1 Å². The van der Waals surface area contributed by atoms with Crippen LogP contribution >= 0.6 is 21.6 Å². The minimum atomic E-state index is -0.741. The van der Waals surface area contributed by atoms with Gasteiger partial charge in [0.1, 0.15) is 18.9 Å². The van der Waals surface area contributed by atoms with E-state index >= 15 is 0 Å². The first-order valence-electron chi connectivity index (χ1n) is 12.1. The van der Waals surface area contributed by atoms with Gasteiger partial charge in [-0.3, -0.25) is 19.3 Å². The summed E-state index contributed by atoms with van der Waals surface area (Å²) in [7, 11) is -0.741. The standard InChI is InChI=1S/C27H41ClN2O5S/c1-19(2)25-22(12-13-23(31)29(25)17-24(32)35-27(3,4)5)26(33)30(18-34-14-15-36(6,7)8)21-11-9-10-20(28)16-21/h9-11,16,22,25H,1,12-15,17-18H2,2-8H3. The fourth-order valence-electron chi connectivity index (χ4n) is 4.09. The molecule has 1 fully saturated rings. The Bertz CT molecular complexity index is 970. The topological polar surface area (TPSA) is 76.2 Å². The first kappa shape index (κ1) is 30.2. The molecule has 1 saturated heterocycles. The number of hydrogen-bond acceptors (Lipinski definition) is 5. The summed E-state index contributed by atoms with van der Waals surface area (Å²) < 4.78 is 11.4. The Morgan fingerprint density at radius 1 is 1.25 bits per heavy atom. The van der Waals surface area contributed by atoms with Crippen molar-refractivity contribution in [3.05, 3.63) is 41.4 Å². The van der Waals surface area contributed by atoms with Crippen molar-refractivity contribution in [1.82, 2.24) is 4.90 Å². The molecule has 1 aromatic carbocycles. The third kappa shape index (κ3) is 9.12. The number of carbonyl (C=O) groups is 3. The van der Waals surface area contributed by atoms with Gasteiger partial charge in [-0.2, -0.15) is 0 Å². The van der Waals surface area contributed by atoms with Gasteiger partial charge in [0.25, 0.3) is 0 Å². The first-order valence-corrected chi connectivity index (χ1v) is 15.5. The highest BCUT2D eigenvalue weighted by Crippen LogP contribution is 2.34. The average molecular weight is 541 g/mol. The summed E-state index contributed by atoms with van der Waals surface area (Å²) in [5.74, 6) is -0.583. The van der Waals surface area contributed by atoms with Gasteiger partial charge in [-0.25, -0.2) is 10.0 Å². The molecule has 2 rings (SSSR count). The van der Waals surface area contributed by atoms with E-state index < -0.39 is 33.6 Å². The lowest BCUT2D eigenvalue weighted by Crippen LogP contribution is -2.56. The molecule has 0 radical (unpaired) electrons. The Hall–Kier alpha value is -2.03. The van der Waals surface area contributed by atoms with E-state index in [-0.39, 0.29) is 31.5 Å². The number of hydrogen-bond donors (Lipinski definition) is 0. The van der Waals surface area contributed by atoms with Gasteiger partial charge in [-0.05, 0) is 71.1 Å². The van der Waals surface area contributed by atoms with E-state index in [1.165, 1.54) is 4.90 Å². The van der Waals surface area contributed by atoms with Crippen molar-refractivity contribution in [3.63, 3.8) is 0 Å². The van der Waals surface area contributed by atoms with Crippen LogP contribution in [0.1, 0.15) is 40.5 Å². The van der Waals surface area contributed by atoms with Crippen molar-refractivity contribution in [2.45, 2.75) is 52.2 Å². The molecule has 9 heteroatoms. The molecule has 1 aliphatic rings. The van der Waals surface area contributed by atoms with Gasteiger partial charge in [0.2, 0.25) is 11.8 Å². The molecule has 1 aromatic rings. The van der Waals surface area contributed by atoms with Crippen molar-refractivity contribution >= 4 is 45.1 Å². The molecule has 1 aliphatic heterocycles. The molecule has 7 nitrogen and oxygen atoms in total. The fourth-order valence-corrected chi connectivity index (χ4v) is 4.90. The van der Waals surface area contributed by atoms with Crippen LogP contribution in [0, 0.1) is 5.92 Å². The van der Waals surface area contributed by atoms with Gasteiger partial charge in [0, 0.05) is 22.9 Å². The predicted molar refractivity (Wildman–Crippen MR) is 149 cm³/mol. The van der Waals surface area contributed by atoms with Gasteiger partial charge < -0.3 is 14.4 Å². The van der Waals surface area contributed by atoms with E-state index in [1.54, 1.807) is 50.8 Å². The monoisotopic (exact) mass is 540 g/mol. The molecule has 0 aromatic heterocycles. The van der Waals surface area contributed by atoms with Gasteiger partial charge in [-0.1, -0.05) is 29.8 Å². The molecule has 202 valence electrons. The number of piperidine rings is 1. The van der Waals surface area contributed by atoms with Crippen molar-refractivity contribution < 1.29 is 23.9 Å². The Kier molecular flexibility index (Phi) is 10.5. The molecule has 0 bridgehead atoms. The smallest absolute Gasteiger partial charge is 0.326 e. The number of nitrogens with zero attached hydrogens (tertiary/aromatic N) is 2. The summed E-state index contributed by atoms with van der Waals surface area (Å²) in [4.78, 5) is 42.5. The molecule has 0 spiro atoms. The second-order valence-electron chi connectivity index (χ2n) is 11.1. The quantitative estimate of drug-likeness (QED) is 0.183. The van der Waals surface area contributed by atoms with E-state index in [0.717, 1.165) is 5.75 Å². The molecule has 2 amide bonds. The lowest BCUT2D eigenvalue weighted by Gasteiger charge is -2.42. The number of esters is 1. The van der Waals surface area contributed by atoms with Crippen molar-refractivity contribution in [1.29, 1.82) is 0 Å². The maximum atomic E-state index is 14.0. The zero-order valence-electron chi connectivity index (χ0n) is 22.6. The number of likely N-dealkylation sites (tertiary alicyclic amines) is 1. The van der Waals surface area contributed by atoms with Crippen LogP contribution in [-0.2, 0) is 23.9 Å². The van der Waals surface area contributed by atoms with Crippen LogP contribution in [0.5, 0.6) is 0 Å². The molecule has 0 saturated carbocycles. The van der Waals surface area contributed by atoms with E-state index in [1.807, 2.05) is 6.07 Å². The van der Waals surface area contributed by atoms with Crippen LogP contribution in [-0.4, -0.2) is 78.7 Å². The average Bonchev–Trinajstić information content (AvgIpc) is 2.72. The minimum absolute atomic E-state index is 0.0636. The van der Waals surface area contributed by atoms with Crippen LogP contribution < -0.4 is 4.90 Å². The highest BCUT2D eigenvalue weighted by Gasteiger charge is 2.43. The molecular formula is C27H41ClN2O5S. The van der Waals surface area contributed by atoms with Crippen molar-refractivity contribution in [2.75, 3.05) is 49.3 Å². The number of ether oxygens (including phenoxy) is 2. The van der Waals surface area contributed by atoms with Crippen LogP contribution in [0.3, 0.4) is 0 Å². The fraction of sp³-hybridized carbons (Fsp3) is 0.593. The van der Waals surface area contributed by atoms with Crippen molar-refractivity contribution in [3.8, 4) is 0 Å². The Labute approximate surface area is 222 Å². The zero-order valence-corrected chi connectivity index (χ0v) is 24.2. The summed E-state index contributed by atoms with van der Waals surface area (Å²) in [5.41, 5.74) is 0.569. The van der Waals surface area contributed by atoms with E-state index in [9.17, 15) is 14.4 Å². The maximum Gasteiger partial charge on any atom is 0.326 e. The van der Waals surface area contributed by atoms with Gasteiger partial charge in [0.05, 0.1) is 18.6 Å². The number of anilines is 1. The number of carbonyl (C=O) groups excluding carboxylic acids is 3. The highest BCUT2D eigenvalue weighted by molar-refractivity contribution is 8.32. The summed E-state index contributed by atoms with van der Waals surface area (Å²) in [5, 5.41) is 0.506. The zero-order chi connectivity index (χ0) is 27.3. The molecule has 2 unspecified atom stereocenters. The summed E-state index contributed by atoms with van der Waals surface area (Å²) in [6, 6.07) is 6.43. The predicted octanol–water partition coefficient (Wildman–Crippen LogP) is 4.87. The third-order valence-electron chi connectivity index (χ3n) is 5.69. The van der Waals surface area contributed by atoms with Crippen LogP contribution in [0.2, 0.25) is 5.02 Å². The SMILES string of the molecule is C=C(C)C1C(C(=O)N(COCCS(C)(C)C)c2cccc(Cl)c2)CCC(=O)N1CC(=O)OC(C)(C)C. The Morgan fingerprint density at radius 2 is 1.92 bits per heavy atom. The first-order chi connectivity index (χ1) is 16.6. The number of benzene rings is 1. The molecule has 36 heavy (non-hydrogen) atoms. The molecule has 0 aliphatic carbocycles. The van der Waals surface area contributed by atoms with Gasteiger partial charge in [0.15, 0.2) is 0 Å². The molecule has 2 atom stereocenters. The molecule has 1 heterocycles. The Morgan fingerprint density at radius 3 is 2.47 bits per heavy atom. The van der Waals surface area contributed by atoms with Crippen LogP contribution in [0.4, 0.5) is 5.69 Å². The second kappa shape index (κ2) is 12.5. The lowest BCUT2D eigenvalue weighted by molar-refractivity contribution is -0.162. The highest BCUT2D eigenvalue weighted by atomic mass is 35.5. The van der Waals surface area contributed by atoms with Gasteiger partial charge in [-0.15, -0.1) is 0 Å². The molecule has 0 N–H and O–H groups in total. The number of amides is 2. The van der Waals surface area contributed by atoms with Crippen molar-refractivity contribution in [2.24, 2.45) is 5.92 Å². The van der Waals surface area contributed by atoms with E-state index in [2.05, 4.69) is 25.3 Å². The normalized spacial score (nSPS) is 19.1. The Balaban J connectivity index is 2.32. The van der Waals surface area contributed by atoms with Crippen LogP contribution in [0.25, 0.3) is 0 Å². The largest absolute Gasteiger partial charge is 0.459 e. The second-order valence-corrected chi connectivity index (χ2v) is 16.1. The molecular weight excluding hydrogens is 500 g/mol. The number of rotatable bonds is 10. The number of halogens is 1. The lowest BCUT2D eigenvalue weighted by atomic mass is 9.84. The van der Waals surface area contributed by atoms with Crippen LogP contribution in [0.15, 0.2) is 36.4 Å². The summed E-state index contributed by atoms with van der Waals surface area (Å²) in [6.07, 6.45) is 7.15. The third-order valence-corrected chi connectivity index (χ3v) is 7.32. The summed E-state index contributed by atoms with van der Waals surface area (Å²) >= 11 is 6.24. The maximum absolute atomic E-state index is 14.0. The van der Waals surface area contributed by atoms with Gasteiger partial charge >= 0.3 is 5.97 Å². The minimum Gasteiger partial charge on any atom is -0.459 e. The van der Waals surface area contributed by atoms with E-state index in [0.29, 0.717) is 29.3 Å².